The number of hydrogen-bond donors (Lipinski definition) is 0. The van der Waals surface area contributed by atoms with Gasteiger partial charge in [-0.3, -0.25) is 4.79 Å². The fourth-order valence-corrected chi connectivity index (χ4v) is 3.20. The van der Waals surface area contributed by atoms with E-state index < -0.39 is 0 Å². The zero-order valence-corrected chi connectivity index (χ0v) is 14.3. The standard InChI is InChI=1S/C18H19N3OS/c1-12(2)11-23-18-20-15-7-5-4-6-14(15)17(22)21(18)16-9-8-13(3)10-19-16/h4-10,12H,11H2,1-3H3. The van der Waals surface area contributed by atoms with Gasteiger partial charge in [0.05, 0.1) is 10.9 Å². The molecule has 3 aromatic rings. The number of pyridine rings is 1. The van der Waals surface area contributed by atoms with Crippen LogP contribution in [0.15, 0.2) is 52.5 Å². The van der Waals surface area contributed by atoms with E-state index in [1.165, 1.54) is 0 Å². The quantitative estimate of drug-likeness (QED) is 0.540. The minimum Gasteiger partial charge on any atom is -0.268 e. The molecule has 4 nitrogen and oxygen atoms in total. The second kappa shape index (κ2) is 6.54. The van der Waals surface area contributed by atoms with Crippen molar-refractivity contribution in [2.24, 2.45) is 5.92 Å². The van der Waals surface area contributed by atoms with Crippen molar-refractivity contribution in [2.75, 3.05) is 5.75 Å². The van der Waals surface area contributed by atoms with Gasteiger partial charge >= 0.3 is 0 Å². The minimum absolute atomic E-state index is 0.0711. The van der Waals surface area contributed by atoms with Crippen molar-refractivity contribution < 1.29 is 0 Å². The van der Waals surface area contributed by atoms with Gasteiger partial charge in [-0.2, -0.15) is 0 Å². The Morgan fingerprint density at radius 2 is 1.96 bits per heavy atom. The zero-order valence-electron chi connectivity index (χ0n) is 13.5. The topological polar surface area (TPSA) is 47.8 Å². The second-order valence-corrected chi connectivity index (χ2v) is 6.94. The summed E-state index contributed by atoms with van der Waals surface area (Å²) in [6.07, 6.45) is 1.77. The number of benzene rings is 1. The maximum atomic E-state index is 12.9. The molecule has 0 saturated carbocycles. The van der Waals surface area contributed by atoms with Crippen LogP contribution in [0.25, 0.3) is 16.7 Å². The number of nitrogens with zero attached hydrogens (tertiary/aromatic N) is 3. The summed E-state index contributed by atoms with van der Waals surface area (Å²) in [5.41, 5.74) is 1.72. The summed E-state index contributed by atoms with van der Waals surface area (Å²) in [5, 5.41) is 1.31. The number of rotatable bonds is 4. The molecule has 0 N–H and O–H groups in total. The van der Waals surface area contributed by atoms with Crippen molar-refractivity contribution in [1.29, 1.82) is 0 Å². The van der Waals surface area contributed by atoms with Crippen LogP contribution in [0.5, 0.6) is 0 Å². The molecule has 118 valence electrons. The first-order valence-electron chi connectivity index (χ1n) is 7.64. The van der Waals surface area contributed by atoms with Crippen LogP contribution < -0.4 is 5.56 Å². The summed E-state index contributed by atoms with van der Waals surface area (Å²) >= 11 is 1.60. The van der Waals surface area contributed by atoms with Crippen molar-refractivity contribution in [3.05, 3.63) is 58.5 Å². The van der Waals surface area contributed by atoms with Gasteiger partial charge in [-0.25, -0.2) is 14.5 Å². The number of aryl methyl sites for hydroxylation is 1. The predicted molar refractivity (Wildman–Crippen MR) is 95.4 cm³/mol. The second-order valence-electron chi connectivity index (χ2n) is 5.95. The van der Waals surface area contributed by atoms with E-state index in [1.54, 1.807) is 22.5 Å². The summed E-state index contributed by atoms with van der Waals surface area (Å²) in [6, 6.07) is 11.3. The van der Waals surface area contributed by atoms with Crippen molar-refractivity contribution in [1.82, 2.24) is 14.5 Å². The van der Waals surface area contributed by atoms with Gasteiger partial charge in [0.2, 0.25) is 0 Å². The van der Waals surface area contributed by atoms with Crippen LogP contribution in [0.3, 0.4) is 0 Å². The first kappa shape index (κ1) is 15.7. The molecule has 0 unspecified atom stereocenters. The molecule has 0 fully saturated rings. The largest absolute Gasteiger partial charge is 0.268 e. The Labute approximate surface area is 139 Å². The van der Waals surface area contributed by atoms with Gasteiger partial charge in [-0.05, 0) is 36.6 Å². The predicted octanol–water partition coefficient (Wildman–Crippen LogP) is 3.84. The fraction of sp³-hybridized carbons (Fsp3) is 0.278. The maximum Gasteiger partial charge on any atom is 0.267 e. The molecule has 0 aliphatic heterocycles. The lowest BCUT2D eigenvalue weighted by atomic mass is 10.2. The molecule has 2 heterocycles. The van der Waals surface area contributed by atoms with E-state index >= 15 is 0 Å². The van der Waals surface area contributed by atoms with E-state index in [4.69, 9.17) is 4.98 Å². The Hall–Kier alpha value is -2.14. The molecule has 2 aromatic heterocycles. The third-order valence-electron chi connectivity index (χ3n) is 3.42. The smallest absolute Gasteiger partial charge is 0.267 e. The number of thioether (sulfide) groups is 1. The van der Waals surface area contributed by atoms with E-state index in [9.17, 15) is 4.79 Å². The van der Waals surface area contributed by atoms with Crippen molar-refractivity contribution in [3.63, 3.8) is 0 Å². The molecule has 0 amide bonds. The molecule has 0 radical (unpaired) electrons. The molecule has 0 aliphatic carbocycles. The molecule has 5 heteroatoms. The Morgan fingerprint density at radius 1 is 1.17 bits per heavy atom. The van der Waals surface area contributed by atoms with Crippen molar-refractivity contribution in [2.45, 2.75) is 25.9 Å². The summed E-state index contributed by atoms with van der Waals surface area (Å²) in [4.78, 5) is 22.1. The van der Waals surface area contributed by atoms with Crippen LogP contribution in [0, 0.1) is 12.8 Å². The summed E-state index contributed by atoms with van der Waals surface area (Å²) in [5.74, 6) is 2.03. The van der Waals surface area contributed by atoms with Gasteiger partial charge in [0.15, 0.2) is 5.16 Å². The van der Waals surface area contributed by atoms with E-state index in [0.717, 1.165) is 16.8 Å². The van der Waals surface area contributed by atoms with Gasteiger partial charge in [0, 0.05) is 11.9 Å². The number of para-hydroxylation sites is 1. The van der Waals surface area contributed by atoms with Gasteiger partial charge in [-0.1, -0.05) is 43.8 Å². The summed E-state index contributed by atoms with van der Waals surface area (Å²) < 4.78 is 1.62. The van der Waals surface area contributed by atoms with Crippen LogP contribution in [0.1, 0.15) is 19.4 Å². The van der Waals surface area contributed by atoms with E-state index in [1.807, 2.05) is 43.3 Å². The van der Waals surface area contributed by atoms with Gasteiger partial charge in [-0.15, -0.1) is 0 Å². The first-order chi connectivity index (χ1) is 11.1. The lowest BCUT2D eigenvalue weighted by Gasteiger charge is -2.13. The molecule has 3 rings (SSSR count). The highest BCUT2D eigenvalue weighted by atomic mass is 32.2. The summed E-state index contributed by atoms with van der Waals surface area (Å²) in [7, 11) is 0. The van der Waals surface area contributed by atoms with E-state index in [-0.39, 0.29) is 5.56 Å². The Bertz CT molecular complexity index is 885. The van der Waals surface area contributed by atoms with Gasteiger partial charge in [0.1, 0.15) is 5.82 Å². The normalized spacial score (nSPS) is 11.3. The average molecular weight is 325 g/mol. The zero-order chi connectivity index (χ0) is 16.4. The molecule has 0 aliphatic rings. The molecule has 0 bridgehead atoms. The van der Waals surface area contributed by atoms with Crippen LogP contribution >= 0.6 is 11.8 Å². The fourth-order valence-electron chi connectivity index (χ4n) is 2.24. The van der Waals surface area contributed by atoms with Crippen molar-refractivity contribution in [3.8, 4) is 5.82 Å². The van der Waals surface area contributed by atoms with E-state index in [2.05, 4.69) is 18.8 Å². The molecular formula is C18H19N3OS. The minimum atomic E-state index is -0.0711. The molecule has 0 saturated heterocycles. The Kier molecular flexibility index (Phi) is 4.48. The maximum absolute atomic E-state index is 12.9. The SMILES string of the molecule is Cc1ccc(-n2c(SCC(C)C)nc3ccccc3c2=O)nc1. The average Bonchev–Trinajstić information content (AvgIpc) is 2.54. The molecular weight excluding hydrogens is 306 g/mol. The molecule has 0 spiro atoms. The van der Waals surface area contributed by atoms with Crippen LogP contribution in [0.2, 0.25) is 0 Å². The third kappa shape index (κ3) is 3.29. The number of fused-ring (bicyclic) bond motifs is 1. The highest BCUT2D eigenvalue weighted by Gasteiger charge is 2.14. The van der Waals surface area contributed by atoms with Gasteiger partial charge < -0.3 is 0 Å². The van der Waals surface area contributed by atoms with Gasteiger partial charge in [0.25, 0.3) is 5.56 Å². The van der Waals surface area contributed by atoms with Crippen LogP contribution in [0.4, 0.5) is 0 Å². The third-order valence-corrected chi connectivity index (χ3v) is 4.78. The van der Waals surface area contributed by atoms with Crippen molar-refractivity contribution >= 4 is 22.7 Å². The van der Waals surface area contributed by atoms with Crippen LogP contribution in [-0.2, 0) is 0 Å². The Morgan fingerprint density at radius 3 is 2.65 bits per heavy atom. The molecule has 1 aromatic carbocycles. The number of hydrogen-bond acceptors (Lipinski definition) is 4. The lowest BCUT2D eigenvalue weighted by Crippen LogP contribution is -2.22. The van der Waals surface area contributed by atoms with Crippen LogP contribution in [-0.4, -0.2) is 20.3 Å². The Balaban J connectivity index is 2.23. The monoisotopic (exact) mass is 325 g/mol. The first-order valence-corrected chi connectivity index (χ1v) is 8.62. The molecule has 23 heavy (non-hydrogen) atoms. The lowest BCUT2D eigenvalue weighted by molar-refractivity contribution is 0.740. The highest BCUT2D eigenvalue weighted by Crippen LogP contribution is 2.22. The summed E-state index contributed by atoms with van der Waals surface area (Å²) in [6.45, 7) is 6.29. The highest BCUT2D eigenvalue weighted by molar-refractivity contribution is 7.99. The van der Waals surface area contributed by atoms with E-state index in [0.29, 0.717) is 22.3 Å². The number of aromatic nitrogens is 3. The molecule has 0 atom stereocenters.